The molecule has 0 spiro atoms. The molecule has 9 nitrogen and oxygen atoms in total. The summed E-state index contributed by atoms with van der Waals surface area (Å²) in [6.45, 7) is 2.48. The standard InChI is InChI=1S/C27H28N4O5/c32-24-6-5-23(25(33)29-24)31-15-19-14-20(2-3-21(19)26(31)34)28-27(35)30-10-7-18-13-17(1-4-22(18)30)16-8-11-36-12-9-16/h1-4,13-14,16,23H,5-12,15H2,(H,28,35)(H,29,32,33). The molecule has 4 aliphatic rings. The van der Waals surface area contributed by atoms with Crippen molar-refractivity contribution in [1.29, 1.82) is 0 Å². The van der Waals surface area contributed by atoms with Gasteiger partial charge in [0.1, 0.15) is 6.04 Å². The molecular formula is C27H28N4O5. The van der Waals surface area contributed by atoms with Crippen LogP contribution in [0.4, 0.5) is 16.2 Å². The van der Waals surface area contributed by atoms with Gasteiger partial charge in [-0.05, 0) is 72.6 Å². The second-order valence-corrected chi connectivity index (χ2v) is 9.88. The van der Waals surface area contributed by atoms with Gasteiger partial charge in [0.05, 0.1) is 0 Å². The third kappa shape index (κ3) is 4.03. The number of anilines is 2. The van der Waals surface area contributed by atoms with Gasteiger partial charge in [-0.2, -0.15) is 0 Å². The van der Waals surface area contributed by atoms with E-state index in [1.54, 1.807) is 23.1 Å². The monoisotopic (exact) mass is 488 g/mol. The highest BCUT2D eigenvalue weighted by atomic mass is 16.5. The largest absolute Gasteiger partial charge is 0.381 e. The first-order valence-corrected chi connectivity index (χ1v) is 12.5. The molecular weight excluding hydrogens is 460 g/mol. The Kier molecular flexibility index (Phi) is 5.72. The maximum absolute atomic E-state index is 13.2. The number of nitrogens with one attached hydrogen (secondary N) is 2. The Labute approximate surface area is 208 Å². The zero-order valence-electron chi connectivity index (χ0n) is 19.9. The molecule has 2 aromatic carbocycles. The van der Waals surface area contributed by atoms with Gasteiger partial charge in [-0.3, -0.25) is 24.6 Å². The van der Waals surface area contributed by atoms with E-state index < -0.39 is 11.9 Å². The third-order valence-electron chi connectivity index (χ3n) is 7.71. The lowest BCUT2D eigenvalue weighted by Crippen LogP contribution is -2.52. The molecule has 0 radical (unpaired) electrons. The van der Waals surface area contributed by atoms with E-state index in [0.29, 0.717) is 30.1 Å². The van der Waals surface area contributed by atoms with Gasteiger partial charge >= 0.3 is 6.03 Å². The van der Waals surface area contributed by atoms with Crippen LogP contribution in [-0.4, -0.2) is 54.5 Å². The molecule has 1 unspecified atom stereocenters. The summed E-state index contributed by atoms with van der Waals surface area (Å²) >= 11 is 0. The molecule has 2 N–H and O–H groups in total. The molecule has 0 bridgehead atoms. The summed E-state index contributed by atoms with van der Waals surface area (Å²) in [5.74, 6) is -0.464. The van der Waals surface area contributed by atoms with E-state index in [0.717, 1.165) is 43.7 Å². The van der Waals surface area contributed by atoms with E-state index in [-0.39, 0.29) is 30.8 Å². The maximum Gasteiger partial charge on any atom is 0.326 e. The van der Waals surface area contributed by atoms with Crippen molar-refractivity contribution in [2.45, 2.75) is 50.6 Å². The molecule has 2 saturated heterocycles. The minimum atomic E-state index is -0.659. The highest BCUT2D eigenvalue weighted by Gasteiger charge is 2.39. The van der Waals surface area contributed by atoms with Crippen molar-refractivity contribution in [2.24, 2.45) is 0 Å². The second-order valence-electron chi connectivity index (χ2n) is 9.88. The number of fused-ring (bicyclic) bond motifs is 2. The average molecular weight is 489 g/mol. The Morgan fingerprint density at radius 2 is 1.81 bits per heavy atom. The average Bonchev–Trinajstić information content (AvgIpc) is 3.45. The summed E-state index contributed by atoms with van der Waals surface area (Å²) in [6.07, 6.45) is 3.42. The minimum absolute atomic E-state index is 0.209. The van der Waals surface area contributed by atoms with Crippen molar-refractivity contribution in [3.05, 3.63) is 58.7 Å². The van der Waals surface area contributed by atoms with Crippen LogP contribution in [0.3, 0.4) is 0 Å². The molecule has 0 aromatic heterocycles. The van der Waals surface area contributed by atoms with Crippen LogP contribution in [0.1, 0.15) is 58.6 Å². The number of imide groups is 1. The number of benzene rings is 2. The van der Waals surface area contributed by atoms with E-state index in [9.17, 15) is 19.2 Å². The van der Waals surface area contributed by atoms with Gasteiger partial charge in [-0.15, -0.1) is 0 Å². The number of hydrogen-bond donors (Lipinski definition) is 2. The molecule has 186 valence electrons. The molecule has 6 rings (SSSR count). The molecule has 1 atom stereocenters. The summed E-state index contributed by atoms with van der Waals surface area (Å²) in [4.78, 5) is 53.1. The molecule has 4 heterocycles. The zero-order valence-corrected chi connectivity index (χ0v) is 19.9. The van der Waals surface area contributed by atoms with Crippen molar-refractivity contribution < 1.29 is 23.9 Å². The predicted molar refractivity (Wildman–Crippen MR) is 132 cm³/mol. The van der Waals surface area contributed by atoms with Gasteiger partial charge in [-0.25, -0.2) is 4.79 Å². The molecule has 9 heteroatoms. The fraction of sp³-hybridized carbons (Fsp3) is 0.407. The molecule has 2 aromatic rings. The van der Waals surface area contributed by atoms with E-state index in [1.807, 2.05) is 6.07 Å². The predicted octanol–water partition coefficient (Wildman–Crippen LogP) is 2.94. The van der Waals surface area contributed by atoms with E-state index in [2.05, 4.69) is 22.8 Å². The highest BCUT2D eigenvalue weighted by Crippen LogP contribution is 2.35. The van der Waals surface area contributed by atoms with Gasteiger partial charge in [0, 0.05) is 49.7 Å². The summed E-state index contributed by atoms with van der Waals surface area (Å²) in [7, 11) is 0. The Bertz CT molecular complexity index is 1270. The topological polar surface area (TPSA) is 108 Å². The number of nitrogens with zero attached hydrogens (tertiary/aromatic N) is 2. The van der Waals surface area contributed by atoms with Gasteiger partial charge < -0.3 is 15.0 Å². The van der Waals surface area contributed by atoms with Crippen LogP contribution >= 0.6 is 0 Å². The molecule has 2 fully saturated rings. The highest BCUT2D eigenvalue weighted by molar-refractivity contribution is 6.06. The molecule has 4 aliphatic heterocycles. The third-order valence-corrected chi connectivity index (χ3v) is 7.71. The zero-order chi connectivity index (χ0) is 24.8. The molecule has 0 aliphatic carbocycles. The fourth-order valence-electron chi connectivity index (χ4n) is 5.76. The van der Waals surface area contributed by atoms with Gasteiger partial charge in [0.25, 0.3) is 5.91 Å². The number of carbonyl (C=O) groups is 4. The van der Waals surface area contributed by atoms with Crippen LogP contribution in [-0.2, 0) is 27.3 Å². The maximum atomic E-state index is 13.2. The van der Waals surface area contributed by atoms with Crippen LogP contribution in [0, 0.1) is 0 Å². The van der Waals surface area contributed by atoms with E-state index in [4.69, 9.17) is 4.74 Å². The number of hydrogen-bond acceptors (Lipinski definition) is 5. The number of rotatable bonds is 3. The lowest BCUT2D eigenvalue weighted by molar-refractivity contribution is -0.136. The van der Waals surface area contributed by atoms with Crippen molar-refractivity contribution >= 4 is 35.1 Å². The summed E-state index contributed by atoms with van der Waals surface area (Å²) in [5.41, 5.74) is 5.32. The lowest BCUT2D eigenvalue weighted by Gasteiger charge is -2.29. The first kappa shape index (κ1) is 22.7. The molecule has 36 heavy (non-hydrogen) atoms. The summed E-state index contributed by atoms with van der Waals surface area (Å²) < 4.78 is 5.49. The Morgan fingerprint density at radius 3 is 2.61 bits per heavy atom. The Hall–Kier alpha value is -3.72. The lowest BCUT2D eigenvalue weighted by atomic mass is 9.90. The molecule has 0 saturated carbocycles. The van der Waals surface area contributed by atoms with Crippen LogP contribution in [0.25, 0.3) is 0 Å². The SMILES string of the molecule is O=C1CCC(N2Cc3cc(NC(=O)N4CCc5cc(C6CCOCC6)ccc54)ccc3C2=O)C(=O)N1. The smallest absolute Gasteiger partial charge is 0.326 e. The minimum Gasteiger partial charge on any atom is -0.381 e. The van der Waals surface area contributed by atoms with Gasteiger partial charge in [-0.1, -0.05) is 12.1 Å². The normalized spacial score (nSPS) is 21.9. The first-order chi connectivity index (χ1) is 17.5. The van der Waals surface area contributed by atoms with Gasteiger partial charge in [0.2, 0.25) is 11.8 Å². The first-order valence-electron chi connectivity index (χ1n) is 12.5. The van der Waals surface area contributed by atoms with Crippen LogP contribution in [0.15, 0.2) is 36.4 Å². The fourth-order valence-corrected chi connectivity index (χ4v) is 5.76. The number of urea groups is 1. The van der Waals surface area contributed by atoms with Crippen molar-refractivity contribution in [3.8, 4) is 0 Å². The Balaban J connectivity index is 1.14. The van der Waals surface area contributed by atoms with Gasteiger partial charge in [0.15, 0.2) is 0 Å². The van der Waals surface area contributed by atoms with Crippen LogP contribution in [0.2, 0.25) is 0 Å². The number of piperidine rings is 1. The van der Waals surface area contributed by atoms with Crippen molar-refractivity contribution in [1.82, 2.24) is 10.2 Å². The number of carbonyl (C=O) groups excluding carboxylic acids is 4. The second kappa shape index (κ2) is 9.05. The van der Waals surface area contributed by atoms with Crippen molar-refractivity contribution in [2.75, 3.05) is 30.0 Å². The summed E-state index contributed by atoms with van der Waals surface area (Å²) in [6, 6.07) is 10.7. The summed E-state index contributed by atoms with van der Waals surface area (Å²) in [5, 5.41) is 5.29. The van der Waals surface area contributed by atoms with E-state index in [1.165, 1.54) is 16.0 Å². The Morgan fingerprint density at radius 1 is 0.972 bits per heavy atom. The molecule has 5 amide bonds. The van der Waals surface area contributed by atoms with Crippen LogP contribution in [0.5, 0.6) is 0 Å². The quantitative estimate of drug-likeness (QED) is 0.646. The van der Waals surface area contributed by atoms with E-state index >= 15 is 0 Å². The number of amides is 5. The number of ether oxygens (including phenoxy) is 1. The van der Waals surface area contributed by atoms with Crippen molar-refractivity contribution in [3.63, 3.8) is 0 Å². The van der Waals surface area contributed by atoms with Crippen LogP contribution < -0.4 is 15.5 Å².